The Bertz CT molecular complexity index is 231. The summed E-state index contributed by atoms with van der Waals surface area (Å²) in [7, 11) is 0. The van der Waals surface area contributed by atoms with Crippen molar-refractivity contribution in [2.24, 2.45) is 15.2 Å². The van der Waals surface area contributed by atoms with Gasteiger partial charge in [-0.25, -0.2) is 4.40 Å². The summed E-state index contributed by atoms with van der Waals surface area (Å²) in [5, 5.41) is 0. The second-order valence-corrected chi connectivity index (χ2v) is 5.74. The molecule has 0 fully saturated rings. The van der Waals surface area contributed by atoms with E-state index >= 15 is 0 Å². The molecule has 0 radical (unpaired) electrons. The van der Waals surface area contributed by atoms with Crippen molar-refractivity contribution in [2.75, 3.05) is 0 Å². The topological polar surface area (TPSA) is 12.4 Å². The minimum Gasteiger partial charge on any atom is -0.223 e. The minimum absolute atomic E-state index is 0.133. The maximum absolute atomic E-state index is 4.30. The van der Waals surface area contributed by atoms with Gasteiger partial charge >= 0.3 is 0 Å². The van der Waals surface area contributed by atoms with Gasteiger partial charge in [0.15, 0.2) is 0 Å². The van der Waals surface area contributed by atoms with E-state index in [4.69, 9.17) is 0 Å². The smallest absolute Gasteiger partial charge is 0.0224 e. The molecule has 0 unspecified atom stereocenters. The van der Waals surface area contributed by atoms with Gasteiger partial charge in [0.25, 0.3) is 0 Å². The summed E-state index contributed by atoms with van der Waals surface area (Å²) in [5.74, 6) is 0. The van der Waals surface area contributed by atoms with Gasteiger partial charge in [-0.3, -0.25) is 0 Å². The van der Waals surface area contributed by atoms with Crippen LogP contribution in [0.3, 0.4) is 0 Å². The fourth-order valence-corrected chi connectivity index (χ4v) is 2.04. The summed E-state index contributed by atoms with van der Waals surface area (Å²) in [5.41, 5.74) is 0.369. The van der Waals surface area contributed by atoms with Crippen LogP contribution in [0, 0.1) is 10.8 Å². The van der Waals surface area contributed by atoms with Crippen LogP contribution in [0.2, 0.25) is 0 Å². The number of nitrogens with zero attached hydrogens (tertiary/aromatic N) is 1. The molecule has 1 aliphatic heterocycles. The van der Waals surface area contributed by atoms with Crippen LogP contribution in [0.4, 0.5) is 0 Å². The van der Waals surface area contributed by atoms with Crippen molar-refractivity contribution >= 4 is 18.2 Å². The van der Waals surface area contributed by atoms with Gasteiger partial charge in [-0.15, -0.1) is 0 Å². The quantitative estimate of drug-likeness (QED) is 0.522. The van der Waals surface area contributed by atoms with E-state index in [1.807, 2.05) is 6.21 Å². The number of rotatable bonds is 0. The molecule has 0 aromatic rings. The van der Waals surface area contributed by atoms with E-state index in [9.17, 15) is 0 Å². The van der Waals surface area contributed by atoms with Crippen LogP contribution in [-0.2, 0) is 0 Å². The van der Waals surface area contributed by atoms with Crippen molar-refractivity contribution < 1.29 is 0 Å². The Labute approximate surface area is 79.5 Å². The summed E-state index contributed by atoms with van der Waals surface area (Å²) in [6.07, 6.45) is 4.32. The molecule has 12 heavy (non-hydrogen) atoms. The first-order valence-electron chi connectivity index (χ1n) is 4.26. The van der Waals surface area contributed by atoms with Crippen molar-refractivity contribution in [3.8, 4) is 0 Å². The molecule has 1 rings (SSSR count). The van der Waals surface area contributed by atoms with Gasteiger partial charge in [0.2, 0.25) is 0 Å². The molecule has 0 aromatic carbocycles. The fourth-order valence-electron chi connectivity index (χ4n) is 0.974. The zero-order chi connectivity index (χ0) is 9.41. The Morgan fingerprint density at radius 2 is 1.92 bits per heavy atom. The van der Waals surface area contributed by atoms with Gasteiger partial charge in [-0.2, -0.15) is 0 Å². The summed E-state index contributed by atoms with van der Waals surface area (Å²) < 4.78 is 4.30. The predicted octanol–water partition coefficient (Wildman–Crippen LogP) is 3.68. The van der Waals surface area contributed by atoms with E-state index in [-0.39, 0.29) is 10.8 Å². The van der Waals surface area contributed by atoms with Crippen LogP contribution in [-0.4, -0.2) is 6.21 Å². The van der Waals surface area contributed by atoms with Crippen molar-refractivity contribution in [1.29, 1.82) is 0 Å². The van der Waals surface area contributed by atoms with E-state index in [2.05, 4.69) is 45.1 Å². The van der Waals surface area contributed by atoms with Crippen LogP contribution < -0.4 is 0 Å². The highest BCUT2D eigenvalue weighted by atomic mass is 32.2. The lowest BCUT2D eigenvalue weighted by molar-refractivity contribution is 0.520. The Hall–Kier alpha value is -0.240. The SMILES string of the molecule is CC1(C)C=NSC(C(C)(C)C)=C1. The molecule has 0 saturated carbocycles. The lowest BCUT2D eigenvalue weighted by Crippen LogP contribution is -2.17. The van der Waals surface area contributed by atoms with Crippen molar-refractivity contribution in [2.45, 2.75) is 34.6 Å². The van der Waals surface area contributed by atoms with Crippen LogP contribution >= 0.6 is 11.9 Å². The van der Waals surface area contributed by atoms with Crippen LogP contribution in [0.1, 0.15) is 34.6 Å². The third-order valence-corrected chi connectivity index (χ3v) is 2.92. The Morgan fingerprint density at radius 1 is 1.33 bits per heavy atom. The first-order chi connectivity index (χ1) is 5.31. The highest BCUT2D eigenvalue weighted by Crippen LogP contribution is 2.40. The van der Waals surface area contributed by atoms with Crippen molar-refractivity contribution in [3.05, 3.63) is 11.0 Å². The van der Waals surface area contributed by atoms with E-state index in [0.29, 0.717) is 0 Å². The molecule has 0 aliphatic carbocycles. The second-order valence-electron chi connectivity index (χ2n) is 4.91. The summed E-state index contributed by atoms with van der Waals surface area (Å²) in [6, 6.07) is 0. The molecule has 0 saturated heterocycles. The molecular formula is C10H17NS. The highest BCUT2D eigenvalue weighted by molar-refractivity contribution is 8.02. The first-order valence-corrected chi connectivity index (χ1v) is 5.03. The molecule has 0 N–H and O–H groups in total. The summed E-state index contributed by atoms with van der Waals surface area (Å²) in [4.78, 5) is 1.37. The number of allylic oxidation sites excluding steroid dienone is 2. The molecule has 1 nitrogen and oxygen atoms in total. The molecule has 1 heterocycles. The second kappa shape index (κ2) is 2.91. The van der Waals surface area contributed by atoms with Gasteiger partial charge in [0, 0.05) is 28.5 Å². The van der Waals surface area contributed by atoms with Gasteiger partial charge < -0.3 is 0 Å². The third-order valence-electron chi connectivity index (χ3n) is 1.78. The summed E-state index contributed by atoms with van der Waals surface area (Å²) in [6.45, 7) is 11.0. The average Bonchev–Trinajstić information content (AvgIpc) is 1.83. The van der Waals surface area contributed by atoms with Gasteiger partial charge in [0.1, 0.15) is 0 Å². The zero-order valence-electron chi connectivity index (χ0n) is 8.51. The van der Waals surface area contributed by atoms with Crippen LogP contribution in [0.15, 0.2) is 15.4 Å². The highest BCUT2D eigenvalue weighted by Gasteiger charge is 2.24. The molecule has 0 spiro atoms. The lowest BCUT2D eigenvalue weighted by atomic mass is 9.88. The Balaban J connectivity index is 2.89. The summed E-state index contributed by atoms with van der Waals surface area (Å²) >= 11 is 1.60. The normalized spacial score (nSPS) is 22.2. The van der Waals surface area contributed by atoms with E-state index in [1.54, 1.807) is 11.9 Å². The largest absolute Gasteiger partial charge is 0.223 e. The molecule has 0 atom stereocenters. The third kappa shape index (κ3) is 2.37. The molecule has 2 heteroatoms. The monoisotopic (exact) mass is 183 g/mol. The van der Waals surface area contributed by atoms with Crippen molar-refractivity contribution in [1.82, 2.24) is 0 Å². The van der Waals surface area contributed by atoms with E-state index in [1.165, 1.54) is 4.91 Å². The van der Waals surface area contributed by atoms with E-state index in [0.717, 1.165) is 0 Å². The molecule has 0 aromatic heterocycles. The minimum atomic E-state index is 0.133. The molecular weight excluding hydrogens is 166 g/mol. The number of hydrogen-bond acceptors (Lipinski definition) is 2. The van der Waals surface area contributed by atoms with Crippen LogP contribution in [0.5, 0.6) is 0 Å². The maximum atomic E-state index is 4.30. The maximum Gasteiger partial charge on any atom is 0.0224 e. The Morgan fingerprint density at radius 3 is 2.25 bits per heavy atom. The predicted molar refractivity (Wildman–Crippen MR) is 57.4 cm³/mol. The van der Waals surface area contributed by atoms with E-state index < -0.39 is 0 Å². The molecule has 1 aliphatic rings. The van der Waals surface area contributed by atoms with Gasteiger partial charge in [-0.05, 0) is 5.41 Å². The number of hydrogen-bond donors (Lipinski definition) is 0. The first kappa shape index (κ1) is 9.85. The molecule has 0 amide bonds. The lowest BCUT2D eigenvalue weighted by Gasteiger charge is -2.27. The average molecular weight is 183 g/mol. The fraction of sp³-hybridized carbons (Fsp3) is 0.700. The molecule has 68 valence electrons. The van der Waals surface area contributed by atoms with Gasteiger partial charge in [0.05, 0.1) is 0 Å². The van der Waals surface area contributed by atoms with Crippen LogP contribution in [0.25, 0.3) is 0 Å². The zero-order valence-corrected chi connectivity index (χ0v) is 9.33. The standard InChI is InChI=1S/C10H17NS/c1-9(2,3)8-6-10(4,5)7-11-12-8/h6-7H,1-5H3. The molecule has 0 bridgehead atoms. The van der Waals surface area contributed by atoms with Gasteiger partial charge in [-0.1, -0.05) is 40.7 Å². The Kier molecular flexibility index (Phi) is 2.39. The van der Waals surface area contributed by atoms with Crippen molar-refractivity contribution in [3.63, 3.8) is 0 Å².